The van der Waals surface area contributed by atoms with E-state index in [1.165, 1.54) is 0 Å². The molecule has 3 nitrogen and oxygen atoms in total. The van der Waals surface area contributed by atoms with Gasteiger partial charge in [-0.3, -0.25) is 4.79 Å². The van der Waals surface area contributed by atoms with Gasteiger partial charge in [0.25, 0.3) is 5.91 Å². The Morgan fingerprint density at radius 1 is 1.14 bits per heavy atom. The fourth-order valence-electron chi connectivity index (χ4n) is 2.60. The van der Waals surface area contributed by atoms with E-state index in [9.17, 15) is 4.79 Å². The molecule has 0 fully saturated rings. The number of ether oxygens (including phenoxy) is 1. The third-order valence-electron chi connectivity index (χ3n) is 3.64. The molecule has 0 aromatic heterocycles. The number of rotatable bonds is 2. The minimum absolute atomic E-state index is 0.301. The highest BCUT2D eigenvalue weighted by atomic mass is 35.5. The van der Waals surface area contributed by atoms with Gasteiger partial charge in [0.05, 0.1) is 7.11 Å². The number of alkyl halides is 1. The number of methoxy groups -OCH3 is 1. The molecule has 1 atom stereocenters. The van der Waals surface area contributed by atoms with Crippen LogP contribution in [0.5, 0.6) is 5.75 Å². The van der Waals surface area contributed by atoms with Gasteiger partial charge in [-0.1, -0.05) is 34.8 Å². The third-order valence-corrected chi connectivity index (χ3v) is 4.45. The number of anilines is 1. The van der Waals surface area contributed by atoms with E-state index < -0.39 is 4.87 Å². The molecule has 0 radical (unpaired) electrons. The van der Waals surface area contributed by atoms with Crippen LogP contribution in [0.15, 0.2) is 36.4 Å². The summed E-state index contributed by atoms with van der Waals surface area (Å²) in [7, 11) is 1.56. The normalized spacial score (nSPS) is 20.1. The van der Waals surface area contributed by atoms with E-state index in [0.29, 0.717) is 27.6 Å². The number of amides is 1. The number of nitrogens with one attached hydrogen (secondary N) is 1. The quantitative estimate of drug-likeness (QED) is 0.846. The van der Waals surface area contributed by atoms with Crippen LogP contribution in [-0.2, 0) is 9.67 Å². The Hall–Kier alpha value is -1.71. The Labute approximate surface area is 132 Å². The van der Waals surface area contributed by atoms with Gasteiger partial charge in [0.15, 0.2) is 4.87 Å². The molecule has 1 aliphatic heterocycles. The monoisotopic (exact) mass is 321 g/mol. The smallest absolute Gasteiger partial charge is 0.254 e. The summed E-state index contributed by atoms with van der Waals surface area (Å²) in [5, 5.41) is 3.33. The second-order valence-corrected chi connectivity index (χ2v) is 6.01. The summed E-state index contributed by atoms with van der Waals surface area (Å²) in [6, 6.07) is 10.8. The lowest BCUT2D eigenvalue weighted by molar-refractivity contribution is -0.117. The van der Waals surface area contributed by atoms with Gasteiger partial charge in [-0.25, -0.2) is 0 Å². The largest absolute Gasteiger partial charge is 0.496 e. The standard InChI is InChI=1S/C16H13Cl2NO2/c1-9-3-6-14(21-2)12(7-9)16(18)11-8-10(17)4-5-13(11)19-15(16)20/h3-8H,1-2H3,(H,19,20). The predicted molar refractivity (Wildman–Crippen MR) is 84.4 cm³/mol. The highest BCUT2D eigenvalue weighted by Gasteiger charge is 2.48. The number of carbonyl (C=O) groups excluding carboxylic acids is 1. The van der Waals surface area contributed by atoms with Crippen LogP contribution in [0, 0.1) is 6.92 Å². The lowest BCUT2D eigenvalue weighted by Gasteiger charge is -2.23. The zero-order valence-corrected chi connectivity index (χ0v) is 13.0. The Bertz CT molecular complexity index is 745. The van der Waals surface area contributed by atoms with E-state index in [0.717, 1.165) is 5.56 Å². The molecule has 0 aliphatic carbocycles. The van der Waals surface area contributed by atoms with Crippen molar-refractivity contribution in [3.05, 3.63) is 58.1 Å². The average Bonchev–Trinajstić information content (AvgIpc) is 2.72. The molecule has 1 aliphatic rings. The van der Waals surface area contributed by atoms with Gasteiger partial charge < -0.3 is 10.1 Å². The molecule has 0 saturated carbocycles. The van der Waals surface area contributed by atoms with Crippen LogP contribution in [0.4, 0.5) is 5.69 Å². The van der Waals surface area contributed by atoms with Crippen molar-refractivity contribution >= 4 is 34.8 Å². The van der Waals surface area contributed by atoms with Gasteiger partial charge in [0.1, 0.15) is 5.75 Å². The number of fused-ring (bicyclic) bond motifs is 1. The third kappa shape index (κ3) is 2.08. The Morgan fingerprint density at radius 3 is 2.62 bits per heavy atom. The molecule has 1 amide bonds. The van der Waals surface area contributed by atoms with Crippen LogP contribution in [0.1, 0.15) is 16.7 Å². The van der Waals surface area contributed by atoms with E-state index in [-0.39, 0.29) is 5.91 Å². The lowest BCUT2D eigenvalue weighted by atomic mass is 9.90. The lowest BCUT2D eigenvalue weighted by Crippen LogP contribution is -2.30. The van der Waals surface area contributed by atoms with Gasteiger partial charge in [0.2, 0.25) is 0 Å². The highest BCUT2D eigenvalue weighted by Crippen LogP contribution is 2.49. The fourth-order valence-corrected chi connectivity index (χ4v) is 3.12. The van der Waals surface area contributed by atoms with Crippen molar-refractivity contribution in [3.8, 4) is 5.75 Å². The van der Waals surface area contributed by atoms with Gasteiger partial charge in [-0.15, -0.1) is 0 Å². The van der Waals surface area contributed by atoms with Gasteiger partial charge in [-0.2, -0.15) is 0 Å². The number of hydrogen-bond acceptors (Lipinski definition) is 2. The Morgan fingerprint density at radius 2 is 1.90 bits per heavy atom. The average molecular weight is 322 g/mol. The van der Waals surface area contributed by atoms with Crippen LogP contribution >= 0.6 is 23.2 Å². The summed E-state index contributed by atoms with van der Waals surface area (Å²) < 4.78 is 5.37. The minimum Gasteiger partial charge on any atom is -0.496 e. The van der Waals surface area contributed by atoms with Crippen molar-refractivity contribution < 1.29 is 9.53 Å². The number of carbonyl (C=O) groups is 1. The number of aryl methyl sites for hydroxylation is 1. The number of benzene rings is 2. The predicted octanol–water partition coefficient (Wildman–Crippen LogP) is 4.09. The van der Waals surface area contributed by atoms with E-state index in [1.807, 2.05) is 25.1 Å². The second-order valence-electron chi connectivity index (χ2n) is 5.01. The molecular weight excluding hydrogens is 309 g/mol. The summed E-state index contributed by atoms with van der Waals surface area (Å²) in [6.45, 7) is 1.94. The van der Waals surface area contributed by atoms with Crippen LogP contribution in [0.3, 0.4) is 0 Å². The molecule has 0 spiro atoms. The molecule has 21 heavy (non-hydrogen) atoms. The molecule has 1 N–H and O–H groups in total. The zero-order valence-electron chi connectivity index (χ0n) is 11.5. The topological polar surface area (TPSA) is 38.3 Å². The van der Waals surface area contributed by atoms with Gasteiger partial charge in [-0.05, 0) is 37.3 Å². The first-order valence-electron chi connectivity index (χ1n) is 6.42. The molecule has 5 heteroatoms. The van der Waals surface area contributed by atoms with Crippen molar-refractivity contribution in [2.24, 2.45) is 0 Å². The van der Waals surface area contributed by atoms with Crippen molar-refractivity contribution in [1.29, 1.82) is 0 Å². The van der Waals surface area contributed by atoms with Crippen molar-refractivity contribution in [2.45, 2.75) is 11.8 Å². The van der Waals surface area contributed by atoms with Crippen LogP contribution in [-0.4, -0.2) is 13.0 Å². The summed E-state index contributed by atoms with van der Waals surface area (Å²) in [5.74, 6) is 0.268. The molecule has 2 aromatic rings. The van der Waals surface area contributed by atoms with Crippen molar-refractivity contribution in [2.75, 3.05) is 12.4 Å². The zero-order chi connectivity index (χ0) is 15.2. The van der Waals surface area contributed by atoms with E-state index >= 15 is 0 Å². The SMILES string of the molecule is COc1ccc(C)cc1C1(Cl)C(=O)Nc2ccc(Cl)cc21. The number of hydrogen-bond donors (Lipinski definition) is 1. The van der Waals surface area contributed by atoms with Crippen molar-refractivity contribution in [3.63, 3.8) is 0 Å². The van der Waals surface area contributed by atoms with Crippen molar-refractivity contribution in [1.82, 2.24) is 0 Å². The summed E-state index contributed by atoms with van der Waals surface area (Å²) in [5.41, 5.74) is 2.92. The molecule has 1 heterocycles. The first-order chi connectivity index (χ1) is 9.96. The maximum absolute atomic E-state index is 12.5. The molecule has 3 rings (SSSR count). The molecule has 1 unspecified atom stereocenters. The van der Waals surface area contributed by atoms with E-state index in [4.69, 9.17) is 27.9 Å². The van der Waals surface area contributed by atoms with Crippen LogP contribution in [0.25, 0.3) is 0 Å². The molecule has 0 bridgehead atoms. The van der Waals surface area contributed by atoms with Crippen LogP contribution < -0.4 is 10.1 Å². The molecule has 0 saturated heterocycles. The molecule has 2 aromatic carbocycles. The maximum Gasteiger partial charge on any atom is 0.254 e. The molecular formula is C16H13Cl2NO2. The van der Waals surface area contributed by atoms with E-state index in [1.54, 1.807) is 25.3 Å². The highest BCUT2D eigenvalue weighted by molar-refractivity contribution is 6.41. The summed E-state index contributed by atoms with van der Waals surface area (Å²) in [4.78, 5) is 11.2. The Kier molecular flexibility index (Phi) is 3.34. The second kappa shape index (κ2) is 4.93. The maximum atomic E-state index is 12.5. The Balaban J connectivity index is 2.29. The fraction of sp³-hybridized carbons (Fsp3) is 0.188. The minimum atomic E-state index is -1.34. The first kappa shape index (κ1) is 14.2. The summed E-state index contributed by atoms with van der Waals surface area (Å²) >= 11 is 12.8. The molecule has 108 valence electrons. The number of halogens is 2. The van der Waals surface area contributed by atoms with Gasteiger partial charge >= 0.3 is 0 Å². The van der Waals surface area contributed by atoms with E-state index in [2.05, 4.69) is 5.32 Å². The van der Waals surface area contributed by atoms with Crippen LogP contribution in [0.2, 0.25) is 5.02 Å². The first-order valence-corrected chi connectivity index (χ1v) is 7.18. The summed E-state index contributed by atoms with van der Waals surface area (Å²) in [6.07, 6.45) is 0. The van der Waals surface area contributed by atoms with Gasteiger partial charge in [0, 0.05) is 21.8 Å².